The lowest BCUT2D eigenvalue weighted by molar-refractivity contribution is 0.319. The zero-order chi connectivity index (χ0) is 27.4. The van der Waals surface area contributed by atoms with Gasteiger partial charge in [0, 0.05) is 34.8 Å². The molecule has 5 N–H and O–H groups in total. The second kappa shape index (κ2) is 11.1. The summed E-state index contributed by atoms with van der Waals surface area (Å²) in [5, 5.41) is 11.0. The van der Waals surface area contributed by atoms with Gasteiger partial charge in [0.25, 0.3) is 0 Å². The molecule has 0 radical (unpaired) electrons. The van der Waals surface area contributed by atoms with E-state index < -0.39 is 21.7 Å². The summed E-state index contributed by atoms with van der Waals surface area (Å²) in [6, 6.07) is 16.2. The van der Waals surface area contributed by atoms with Gasteiger partial charge in [0.05, 0.1) is 17.2 Å². The van der Waals surface area contributed by atoms with Gasteiger partial charge in [0.15, 0.2) is 21.4 Å². The van der Waals surface area contributed by atoms with Crippen LogP contribution in [-0.4, -0.2) is 37.1 Å². The first-order valence-corrected chi connectivity index (χ1v) is 14.0. The number of imidazole rings is 1. The molecular weight excluding hydrogens is 505 g/mol. The maximum atomic E-state index is 15.8. The normalized spacial score (nSPS) is 12.2. The lowest BCUT2D eigenvalue weighted by atomic mass is 10.00. The first-order valence-electron chi connectivity index (χ1n) is 12.1. The number of nitrogens with zero attached hydrogens (tertiary/aromatic N) is 1. The number of nitrogens with two attached hydrogens (primary N) is 1. The van der Waals surface area contributed by atoms with E-state index in [1.807, 2.05) is 6.92 Å². The van der Waals surface area contributed by atoms with Crippen LogP contribution < -0.4 is 15.8 Å². The second-order valence-electron chi connectivity index (χ2n) is 8.79. The highest BCUT2D eigenvalue weighted by Crippen LogP contribution is 2.34. The number of amidine groups is 1. The highest BCUT2D eigenvalue weighted by atomic mass is 32.2. The topological polar surface area (TPSA) is 134 Å². The van der Waals surface area contributed by atoms with Gasteiger partial charge in [-0.25, -0.2) is 17.8 Å². The summed E-state index contributed by atoms with van der Waals surface area (Å²) >= 11 is 0. The van der Waals surface area contributed by atoms with Crippen molar-refractivity contribution in [2.24, 2.45) is 5.73 Å². The van der Waals surface area contributed by atoms with E-state index in [0.29, 0.717) is 46.9 Å². The Labute approximate surface area is 221 Å². The van der Waals surface area contributed by atoms with Crippen LogP contribution in [0.1, 0.15) is 42.4 Å². The van der Waals surface area contributed by atoms with Crippen LogP contribution >= 0.6 is 0 Å². The minimum atomic E-state index is -3.51. The molecule has 3 aromatic carbocycles. The molecule has 1 aromatic heterocycles. The predicted molar refractivity (Wildman–Crippen MR) is 147 cm³/mol. The molecule has 0 saturated heterocycles. The largest absolute Gasteiger partial charge is 0.491 e. The summed E-state index contributed by atoms with van der Waals surface area (Å²) in [4.78, 5) is 7.97. The van der Waals surface area contributed by atoms with Crippen molar-refractivity contribution < 1.29 is 17.5 Å². The quantitative estimate of drug-likeness (QED) is 0.166. The highest BCUT2D eigenvalue weighted by molar-refractivity contribution is 7.90. The molecule has 0 aliphatic carbocycles. The van der Waals surface area contributed by atoms with Gasteiger partial charge in [0.1, 0.15) is 17.7 Å². The standard InChI is InChI=1S/C28H30FN5O3S/c1-4-17-14-21(25(29)23(15-17)37-5-2)26(33-19-12-10-18(11-13-19)27(30)31)28-32-16-22(34-28)20-8-6-7-9-24(20)38(3,35)36/h6-16,26,33H,4-5H2,1-3H3,(H3,30,31)(H,32,34). The molecule has 198 valence electrons. The molecular formula is C28H30FN5O3S. The lowest BCUT2D eigenvalue weighted by Gasteiger charge is -2.21. The van der Waals surface area contributed by atoms with Gasteiger partial charge in [-0.1, -0.05) is 31.2 Å². The van der Waals surface area contributed by atoms with E-state index in [9.17, 15) is 8.42 Å². The molecule has 10 heteroatoms. The van der Waals surface area contributed by atoms with Crippen LogP contribution in [0.15, 0.2) is 71.8 Å². The van der Waals surface area contributed by atoms with Crippen LogP contribution in [0, 0.1) is 11.2 Å². The molecule has 8 nitrogen and oxygen atoms in total. The van der Waals surface area contributed by atoms with Crippen LogP contribution in [0.5, 0.6) is 5.75 Å². The van der Waals surface area contributed by atoms with E-state index in [4.69, 9.17) is 20.9 Å². The number of anilines is 1. The summed E-state index contributed by atoms with van der Waals surface area (Å²) in [6.07, 6.45) is 3.42. The Morgan fingerprint density at radius 2 is 1.87 bits per heavy atom. The van der Waals surface area contributed by atoms with Gasteiger partial charge in [0.2, 0.25) is 0 Å². The highest BCUT2D eigenvalue weighted by Gasteiger charge is 2.26. The summed E-state index contributed by atoms with van der Waals surface area (Å²) in [6.45, 7) is 4.08. The molecule has 38 heavy (non-hydrogen) atoms. The zero-order valence-corrected chi connectivity index (χ0v) is 22.2. The van der Waals surface area contributed by atoms with E-state index in [1.165, 1.54) is 6.07 Å². The second-order valence-corrected chi connectivity index (χ2v) is 10.8. The Hall–Kier alpha value is -4.18. The van der Waals surface area contributed by atoms with Gasteiger partial charge < -0.3 is 20.8 Å². The van der Waals surface area contributed by atoms with Crippen molar-refractivity contribution in [1.82, 2.24) is 9.97 Å². The first-order chi connectivity index (χ1) is 18.1. The van der Waals surface area contributed by atoms with Gasteiger partial charge >= 0.3 is 0 Å². The third-order valence-electron chi connectivity index (χ3n) is 6.09. The Bertz CT molecular complexity index is 1570. The molecule has 1 unspecified atom stereocenters. The molecule has 0 aliphatic rings. The van der Waals surface area contributed by atoms with Crippen LogP contribution in [-0.2, 0) is 16.3 Å². The number of benzene rings is 3. The van der Waals surface area contributed by atoms with Crippen molar-refractivity contribution >= 4 is 21.4 Å². The van der Waals surface area contributed by atoms with Crippen molar-refractivity contribution in [2.45, 2.75) is 31.2 Å². The number of rotatable bonds is 10. The number of H-pyrrole nitrogens is 1. The molecule has 0 aliphatic heterocycles. The Balaban J connectivity index is 1.85. The van der Waals surface area contributed by atoms with E-state index in [1.54, 1.807) is 67.7 Å². The summed E-state index contributed by atoms with van der Waals surface area (Å²) in [7, 11) is -3.51. The number of nitrogens with one attached hydrogen (secondary N) is 3. The van der Waals surface area contributed by atoms with E-state index in [-0.39, 0.29) is 16.5 Å². The van der Waals surface area contributed by atoms with E-state index >= 15 is 4.39 Å². The van der Waals surface area contributed by atoms with Crippen LogP contribution in [0.3, 0.4) is 0 Å². The fraction of sp³-hybridized carbons (Fsp3) is 0.214. The van der Waals surface area contributed by atoms with E-state index in [0.717, 1.165) is 11.8 Å². The molecule has 0 fully saturated rings. The SMILES string of the molecule is CCOc1cc(CC)cc(C(Nc2ccc(C(=N)N)cc2)c2nc(-c3ccccc3S(C)(=O)=O)c[nH]2)c1F. The van der Waals surface area contributed by atoms with Gasteiger partial charge in [-0.3, -0.25) is 5.41 Å². The number of ether oxygens (including phenoxy) is 1. The smallest absolute Gasteiger partial charge is 0.176 e. The Morgan fingerprint density at radius 1 is 1.16 bits per heavy atom. The van der Waals surface area contributed by atoms with Crippen molar-refractivity contribution in [3.8, 4) is 17.0 Å². The van der Waals surface area contributed by atoms with Crippen molar-refractivity contribution in [3.05, 3.63) is 95.2 Å². The maximum absolute atomic E-state index is 15.8. The van der Waals surface area contributed by atoms with Gasteiger partial charge in [-0.2, -0.15) is 0 Å². The minimum absolute atomic E-state index is 0.0589. The van der Waals surface area contributed by atoms with Crippen LogP contribution in [0.2, 0.25) is 0 Å². The average molecular weight is 536 g/mol. The Morgan fingerprint density at radius 3 is 2.50 bits per heavy atom. The number of aryl methyl sites for hydroxylation is 1. The summed E-state index contributed by atoms with van der Waals surface area (Å²) in [5.41, 5.74) is 8.86. The van der Waals surface area contributed by atoms with Crippen molar-refractivity contribution in [3.63, 3.8) is 0 Å². The number of aromatic amines is 1. The number of hydrogen-bond donors (Lipinski definition) is 4. The molecule has 0 amide bonds. The van der Waals surface area contributed by atoms with Crippen LogP contribution in [0.4, 0.5) is 10.1 Å². The summed E-state index contributed by atoms with van der Waals surface area (Å²) in [5.74, 6) is -0.0453. The number of halogens is 1. The predicted octanol–water partition coefficient (Wildman–Crippen LogP) is 5.07. The van der Waals surface area contributed by atoms with Gasteiger partial charge in [-0.15, -0.1) is 0 Å². The van der Waals surface area contributed by atoms with Crippen molar-refractivity contribution in [2.75, 3.05) is 18.2 Å². The molecule has 0 spiro atoms. The molecule has 1 atom stereocenters. The third kappa shape index (κ3) is 5.70. The lowest BCUT2D eigenvalue weighted by Crippen LogP contribution is -2.17. The van der Waals surface area contributed by atoms with Gasteiger partial charge in [-0.05, 0) is 55.3 Å². The van der Waals surface area contributed by atoms with Crippen LogP contribution in [0.25, 0.3) is 11.3 Å². The molecule has 0 saturated carbocycles. The maximum Gasteiger partial charge on any atom is 0.176 e. The fourth-order valence-electron chi connectivity index (χ4n) is 4.18. The molecule has 0 bridgehead atoms. The molecule has 4 rings (SSSR count). The fourth-order valence-corrected chi connectivity index (χ4v) is 5.08. The monoisotopic (exact) mass is 535 g/mol. The average Bonchev–Trinajstić information content (AvgIpc) is 3.38. The number of nitrogen functional groups attached to an aromatic ring is 1. The zero-order valence-electron chi connectivity index (χ0n) is 21.4. The summed E-state index contributed by atoms with van der Waals surface area (Å²) < 4.78 is 46.2. The molecule has 4 aromatic rings. The number of sulfone groups is 1. The number of aromatic nitrogens is 2. The minimum Gasteiger partial charge on any atom is -0.491 e. The van der Waals surface area contributed by atoms with E-state index in [2.05, 4.69) is 10.3 Å². The molecule has 1 heterocycles. The first kappa shape index (κ1) is 26.9. The number of hydrogen-bond acceptors (Lipinski definition) is 6. The Kier molecular flexibility index (Phi) is 7.82. The third-order valence-corrected chi connectivity index (χ3v) is 7.24. The van der Waals surface area contributed by atoms with Crippen molar-refractivity contribution in [1.29, 1.82) is 5.41 Å².